The molecule has 0 bridgehead atoms. The second-order valence-corrected chi connectivity index (χ2v) is 7.56. The van der Waals surface area contributed by atoms with E-state index in [4.69, 9.17) is 5.26 Å². The Morgan fingerprint density at radius 2 is 2.08 bits per heavy atom. The first-order valence-electron chi connectivity index (χ1n) is 9.37. The normalized spacial score (nSPS) is 20.2. The highest BCUT2D eigenvalue weighted by Gasteiger charge is 2.35. The maximum absolute atomic E-state index is 14.3. The second kappa shape index (κ2) is 8.15. The average Bonchev–Trinajstić information content (AvgIpc) is 2.63. The van der Waals surface area contributed by atoms with Crippen molar-refractivity contribution >= 4 is 5.91 Å². The molecule has 3 rings (SSSR count). The number of nitrogens with zero attached hydrogens (tertiary/aromatic N) is 3. The van der Waals surface area contributed by atoms with Crippen LogP contribution >= 0.6 is 0 Å². The molecule has 1 heterocycles. The topological polar surface area (TPSA) is 67.6 Å². The Hall–Kier alpha value is -1.97. The van der Waals surface area contributed by atoms with Crippen LogP contribution in [0.1, 0.15) is 48.0 Å². The van der Waals surface area contributed by atoms with E-state index in [-0.39, 0.29) is 29.2 Å². The van der Waals surface area contributed by atoms with Crippen molar-refractivity contribution in [2.75, 3.05) is 26.7 Å². The monoisotopic (exact) mass is 359 g/mol. The zero-order valence-corrected chi connectivity index (χ0v) is 15.2. The van der Waals surface area contributed by atoms with Crippen molar-refractivity contribution in [3.05, 3.63) is 35.1 Å². The van der Waals surface area contributed by atoms with Crippen LogP contribution in [0, 0.1) is 23.1 Å². The molecule has 1 atom stereocenters. The first kappa shape index (κ1) is 18.8. The summed E-state index contributed by atoms with van der Waals surface area (Å²) in [6.07, 6.45) is 5.43. The zero-order chi connectivity index (χ0) is 18.7. The number of carbonyl (C=O) groups excluding carboxylic acids is 1. The van der Waals surface area contributed by atoms with Crippen molar-refractivity contribution < 1.29 is 14.3 Å². The first-order chi connectivity index (χ1) is 12.5. The third kappa shape index (κ3) is 4.05. The molecule has 1 aromatic rings. The number of carbonyl (C=O) groups is 1. The molecule has 2 aliphatic rings. The summed E-state index contributed by atoms with van der Waals surface area (Å²) in [6, 6.07) is 5.88. The van der Waals surface area contributed by atoms with Crippen LogP contribution in [0.3, 0.4) is 0 Å². The largest absolute Gasteiger partial charge is 0.390 e. The maximum Gasteiger partial charge on any atom is 0.256 e. The molecule has 2 fully saturated rings. The van der Waals surface area contributed by atoms with Gasteiger partial charge in [-0.1, -0.05) is 19.3 Å². The van der Waals surface area contributed by atoms with Crippen LogP contribution in [0.2, 0.25) is 0 Å². The van der Waals surface area contributed by atoms with Crippen LogP contribution in [-0.2, 0) is 0 Å². The number of likely N-dealkylation sites (N-methyl/N-ethyl adjacent to an activating group) is 1. The predicted octanol–water partition coefficient (Wildman–Crippen LogP) is 2.39. The summed E-state index contributed by atoms with van der Waals surface area (Å²) >= 11 is 0. The van der Waals surface area contributed by atoms with Gasteiger partial charge in [0.1, 0.15) is 5.82 Å². The van der Waals surface area contributed by atoms with E-state index < -0.39 is 5.82 Å². The molecule has 0 radical (unpaired) electrons. The third-order valence-corrected chi connectivity index (χ3v) is 5.72. The van der Waals surface area contributed by atoms with E-state index in [0.29, 0.717) is 25.6 Å². The molecule has 26 heavy (non-hydrogen) atoms. The van der Waals surface area contributed by atoms with E-state index >= 15 is 0 Å². The van der Waals surface area contributed by atoms with Gasteiger partial charge < -0.3 is 10.0 Å². The number of hydrogen-bond donors (Lipinski definition) is 1. The molecule has 140 valence electrons. The number of aliphatic hydroxyl groups is 1. The highest BCUT2D eigenvalue weighted by atomic mass is 19.1. The summed E-state index contributed by atoms with van der Waals surface area (Å²) in [5, 5.41) is 18.4. The Kier molecular flexibility index (Phi) is 5.90. The lowest BCUT2D eigenvalue weighted by atomic mass is 9.82. The van der Waals surface area contributed by atoms with E-state index in [9.17, 15) is 14.3 Å². The highest BCUT2D eigenvalue weighted by molar-refractivity contribution is 5.94. The Balaban J connectivity index is 1.77. The van der Waals surface area contributed by atoms with Gasteiger partial charge >= 0.3 is 0 Å². The SMILES string of the molecule is CN(C(=O)c1ccc(C#N)cc1F)[C@H](CN1CC(O)C1)C1CCCCC1. The number of halogens is 1. The molecule has 5 nitrogen and oxygen atoms in total. The molecule has 1 aliphatic carbocycles. The number of hydrogen-bond acceptors (Lipinski definition) is 4. The van der Waals surface area contributed by atoms with Crippen LogP contribution in [-0.4, -0.2) is 59.6 Å². The smallest absolute Gasteiger partial charge is 0.256 e. The van der Waals surface area contributed by atoms with Crippen LogP contribution in [0.5, 0.6) is 0 Å². The summed E-state index contributed by atoms with van der Waals surface area (Å²) in [5.74, 6) is -0.594. The molecule has 1 saturated carbocycles. The van der Waals surface area contributed by atoms with Crippen LogP contribution < -0.4 is 0 Å². The van der Waals surface area contributed by atoms with Crippen molar-refractivity contribution in [2.24, 2.45) is 5.92 Å². The number of rotatable bonds is 5. The summed E-state index contributed by atoms with van der Waals surface area (Å²) in [5.41, 5.74) is 0.219. The van der Waals surface area contributed by atoms with Crippen LogP contribution in [0.15, 0.2) is 18.2 Å². The molecule has 1 N–H and O–H groups in total. The fraction of sp³-hybridized carbons (Fsp3) is 0.600. The summed E-state index contributed by atoms with van der Waals surface area (Å²) < 4.78 is 14.3. The Bertz CT molecular complexity index is 691. The third-order valence-electron chi connectivity index (χ3n) is 5.72. The summed E-state index contributed by atoms with van der Waals surface area (Å²) in [6.45, 7) is 1.98. The standard InChI is InChI=1S/C20H26FN3O2/c1-23(20(26)17-8-7-14(10-22)9-18(17)21)19(13-24-11-16(25)12-24)15-5-3-2-4-6-15/h7-9,15-16,19,25H,2-6,11-13H2,1H3/t19-/m1/s1. The fourth-order valence-corrected chi connectivity index (χ4v) is 4.16. The predicted molar refractivity (Wildman–Crippen MR) is 96.0 cm³/mol. The van der Waals surface area contributed by atoms with Gasteiger partial charge in [-0.25, -0.2) is 4.39 Å². The van der Waals surface area contributed by atoms with Crippen molar-refractivity contribution in [3.8, 4) is 6.07 Å². The number of β-amino-alcohol motifs (C(OH)–C–C–N with tert-alkyl or cyclic N) is 1. The van der Waals surface area contributed by atoms with E-state index in [1.165, 1.54) is 18.6 Å². The van der Waals surface area contributed by atoms with Crippen LogP contribution in [0.4, 0.5) is 4.39 Å². The van der Waals surface area contributed by atoms with Crippen molar-refractivity contribution in [3.63, 3.8) is 0 Å². The molecular weight excluding hydrogens is 333 g/mol. The van der Waals surface area contributed by atoms with Gasteiger partial charge in [-0.3, -0.25) is 9.69 Å². The molecule has 1 amide bonds. The van der Waals surface area contributed by atoms with Gasteiger partial charge in [-0.2, -0.15) is 5.26 Å². The molecule has 0 aromatic heterocycles. The second-order valence-electron chi connectivity index (χ2n) is 7.56. The molecular formula is C20H26FN3O2. The highest BCUT2D eigenvalue weighted by Crippen LogP contribution is 2.30. The van der Waals surface area contributed by atoms with E-state index in [2.05, 4.69) is 4.90 Å². The van der Waals surface area contributed by atoms with Gasteiger partial charge in [0.2, 0.25) is 0 Å². The minimum Gasteiger partial charge on any atom is -0.390 e. The lowest BCUT2D eigenvalue weighted by Gasteiger charge is -2.44. The molecule has 1 aliphatic heterocycles. The van der Waals surface area contributed by atoms with Gasteiger partial charge in [-0.15, -0.1) is 0 Å². The number of amides is 1. The fourth-order valence-electron chi connectivity index (χ4n) is 4.16. The Morgan fingerprint density at radius 1 is 1.38 bits per heavy atom. The van der Waals surface area contributed by atoms with Gasteiger partial charge in [-0.05, 0) is 37.0 Å². The van der Waals surface area contributed by atoms with Crippen molar-refractivity contribution in [2.45, 2.75) is 44.2 Å². The van der Waals surface area contributed by atoms with Gasteiger partial charge in [0, 0.05) is 32.7 Å². The lowest BCUT2D eigenvalue weighted by molar-refractivity contribution is -0.0192. The van der Waals surface area contributed by atoms with Crippen molar-refractivity contribution in [1.29, 1.82) is 5.26 Å². The maximum atomic E-state index is 14.3. The number of aliphatic hydroxyl groups excluding tert-OH is 1. The van der Waals surface area contributed by atoms with Crippen LogP contribution in [0.25, 0.3) is 0 Å². The molecule has 0 spiro atoms. The van der Waals surface area contributed by atoms with E-state index in [0.717, 1.165) is 31.7 Å². The number of nitriles is 1. The zero-order valence-electron chi connectivity index (χ0n) is 15.2. The van der Waals surface area contributed by atoms with E-state index in [1.807, 2.05) is 6.07 Å². The van der Waals surface area contributed by atoms with Crippen molar-refractivity contribution in [1.82, 2.24) is 9.80 Å². The molecule has 1 aromatic carbocycles. The van der Waals surface area contributed by atoms with Gasteiger partial charge in [0.05, 0.1) is 23.3 Å². The molecule has 6 heteroatoms. The minimum atomic E-state index is -0.650. The molecule has 0 unspecified atom stereocenters. The summed E-state index contributed by atoms with van der Waals surface area (Å²) in [4.78, 5) is 16.8. The minimum absolute atomic E-state index is 0.00495. The Labute approximate surface area is 154 Å². The Morgan fingerprint density at radius 3 is 2.65 bits per heavy atom. The number of benzene rings is 1. The number of likely N-dealkylation sites (tertiary alicyclic amines) is 1. The van der Waals surface area contributed by atoms with E-state index in [1.54, 1.807) is 11.9 Å². The van der Waals surface area contributed by atoms with Gasteiger partial charge in [0.15, 0.2) is 0 Å². The lowest BCUT2D eigenvalue weighted by Crippen LogP contribution is -2.57. The average molecular weight is 359 g/mol. The van der Waals surface area contributed by atoms with Gasteiger partial charge in [0.25, 0.3) is 5.91 Å². The first-order valence-corrected chi connectivity index (χ1v) is 9.37. The quantitative estimate of drug-likeness (QED) is 0.877. The molecule has 1 saturated heterocycles. The summed E-state index contributed by atoms with van der Waals surface area (Å²) in [7, 11) is 1.75.